The number of carbonyl (C=O) groups excluding carboxylic acids is 4. The van der Waals surface area contributed by atoms with Gasteiger partial charge in [-0.2, -0.15) is 11.8 Å². The van der Waals surface area contributed by atoms with Crippen LogP contribution in [-0.2, 0) is 25.7 Å². The van der Waals surface area contributed by atoms with Crippen LogP contribution in [0.4, 0.5) is 4.79 Å². The molecule has 0 aliphatic rings. The highest BCUT2D eigenvalue weighted by Crippen LogP contribution is 2.17. The first-order valence-electron chi connectivity index (χ1n) is 15.6. The maximum absolute atomic E-state index is 13.2. The normalized spacial score (nSPS) is 15.2. The zero-order chi connectivity index (χ0) is 33.4. The van der Waals surface area contributed by atoms with E-state index in [0.717, 1.165) is 5.56 Å². The van der Waals surface area contributed by atoms with Crippen molar-refractivity contribution in [1.29, 1.82) is 0 Å². The monoisotopic (exact) mass is 636 g/mol. The summed E-state index contributed by atoms with van der Waals surface area (Å²) in [5, 5.41) is 22.8. The molecule has 5 N–H and O–H groups in total. The first-order valence-corrected chi connectivity index (χ1v) is 17.0. The lowest BCUT2D eigenvalue weighted by atomic mass is 9.91. The maximum Gasteiger partial charge on any atom is 0.408 e. The molecule has 0 saturated heterocycles. The fourth-order valence-corrected chi connectivity index (χ4v) is 5.07. The Morgan fingerprint density at radius 1 is 0.932 bits per heavy atom. The summed E-state index contributed by atoms with van der Waals surface area (Å²) in [5.74, 6) is -0.622. The number of benzene rings is 1. The zero-order valence-electron chi connectivity index (χ0n) is 28.1. The number of hydrogen-bond acceptors (Lipinski definition) is 8. The smallest absolute Gasteiger partial charge is 0.408 e. The van der Waals surface area contributed by atoms with Crippen LogP contribution in [0.15, 0.2) is 30.3 Å². The van der Waals surface area contributed by atoms with Crippen LogP contribution in [0.25, 0.3) is 0 Å². The molecule has 0 aliphatic carbocycles. The van der Waals surface area contributed by atoms with E-state index < -0.39 is 41.8 Å². The van der Waals surface area contributed by atoms with Gasteiger partial charge in [0.1, 0.15) is 11.6 Å². The van der Waals surface area contributed by atoms with Crippen molar-refractivity contribution < 1.29 is 29.0 Å². The van der Waals surface area contributed by atoms with Gasteiger partial charge in [-0.25, -0.2) is 4.79 Å². The summed E-state index contributed by atoms with van der Waals surface area (Å²) in [6, 6.07) is 7.65. The first kappa shape index (κ1) is 39.4. The Balaban J connectivity index is 2.81. The molecule has 0 spiro atoms. The van der Waals surface area contributed by atoms with Crippen molar-refractivity contribution in [3.05, 3.63) is 35.9 Å². The number of ether oxygens (including phenoxy) is 1. The predicted octanol–water partition coefficient (Wildman–Crippen LogP) is 4.05. The highest BCUT2D eigenvalue weighted by molar-refractivity contribution is 7.98. The third-order valence-electron chi connectivity index (χ3n) is 7.02. The summed E-state index contributed by atoms with van der Waals surface area (Å²) in [6.45, 7) is 15.1. The van der Waals surface area contributed by atoms with Crippen molar-refractivity contribution in [3.8, 4) is 0 Å². The fourth-order valence-electron chi connectivity index (χ4n) is 4.60. The van der Waals surface area contributed by atoms with Crippen LogP contribution in [0.2, 0.25) is 0 Å². The molecule has 0 aliphatic heterocycles. The Bertz CT molecular complexity index is 1030. The largest absolute Gasteiger partial charge is 0.444 e. The lowest BCUT2D eigenvalue weighted by Gasteiger charge is -2.29. The number of Topliss-reactive ketones (excluding diaryl/α,β-unsaturated/α-hetero) is 1. The number of ketones is 1. The van der Waals surface area contributed by atoms with Crippen LogP contribution in [0.1, 0.15) is 80.2 Å². The van der Waals surface area contributed by atoms with Gasteiger partial charge >= 0.3 is 6.09 Å². The molecule has 1 aromatic carbocycles. The molecule has 0 fully saturated rings. The minimum atomic E-state index is -0.918. The summed E-state index contributed by atoms with van der Waals surface area (Å²) in [5.41, 5.74) is 0.274. The van der Waals surface area contributed by atoms with E-state index in [1.165, 1.54) is 0 Å². The van der Waals surface area contributed by atoms with Crippen molar-refractivity contribution in [2.24, 2.45) is 17.8 Å². The number of rotatable bonds is 19. The van der Waals surface area contributed by atoms with Crippen molar-refractivity contribution in [2.45, 2.75) is 111 Å². The van der Waals surface area contributed by atoms with E-state index in [-0.39, 0.29) is 42.4 Å². The molecule has 0 radical (unpaired) electrons. The van der Waals surface area contributed by atoms with E-state index >= 15 is 0 Å². The minimum absolute atomic E-state index is 0.0547. The predicted molar refractivity (Wildman–Crippen MR) is 177 cm³/mol. The standard InChI is InChI=1S/C33H56N4O6S/c1-21(2)17-26(34-20-28(39)25(15-16-44-9)36-32(42)43-33(6,7)8)27(38)18-23(5)30(40)37-29(22(3)4)31(41)35-19-24-13-11-10-12-14-24/h10-14,21-23,25-27,29,34,38H,15-20H2,1-9H3,(H,35,41)(H,36,42)(H,37,40)/t23-,25-,26+,27+,29+/m1/s1. The van der Waals surface area contributed by atoms with E-state index in [1.807, 2.05) is 64.3 Å². The molecule has 10 nitrogen and oxygen atoms in total. The zero-order valence-corrected chi connectivity index (χ0v) is 28.9. The highest BCUT2D eigenvalue weighted by Gasteiger charge is 2.30. The lowest BCUT2D eigenvalue weighted by Crippen LogP contribution is -2.52. The molecule has 1 rings (SSSR count). The van der Waals surface area contributed by atoms with Crippen LogP contribution in [0.3, 0.4) is 0 Å². The number of nitrogens with one attached hydrogen (secondary N) is 4. The van der Waals surface area contributed by atoms with Crippen LogP contribution in [0, 0.1) is 17.8 Å². The Hall–Kier alpha value is -2.63. The second-order valence-electron chi connectivity index (χ2n) is 13.2. The van der Waals surface area contributed by atoms with Crippen molar-refractivity contribution in [1.82, 2.24) is 21.3 Å². The first-order chi connectivity index (χ1) is 20.5. The van der Waals surface area contributed by atoms with E-state index in [0.29, 0.717) is 25.1 Å². The summed E-state index contributed by atoms with van der Waals surface area (Å²) < 4.78 is 5.34. The molecule has 0 bridgehead atoms. The van der Waals surface area contributed by atoms with Gasteiger partial charge in [0, 0.05) is 18.5 Å². The number of hydrogen-bond donors (Lipinski definition) is 5. The maximum atomic E-state index is 13.2. The van der Waals surface area contributed by atoms with E-state index in [4.69, 9.17) is 4.74 Å². The van der Waals surface area contributed by atoms with Crippen LogP contribution >= 0.6 is 11.8 Å². The van der Waals surface area contributed by atoms with Gasteiger partial charge in [-0.1, -0.05) is 65.0 Å². The average Bonchev–Trinajstić information content (AvgIpc) is 2.93. The molecular weight excluding hydrogens is 580 g/mol. The highest BCUT2D eigenvalue weighted by atomic mass is 32.2. The third kappa shape index (κ3) is 15.9. The molecule has 0 heterocycles. The second kappa shape index (κ2) is 19.7. The van der Waals surface area contributed by atoms with Crippen molar-refractivity contribution in [3.63, 3.8) is 0 Å². The molecule has 11 heteroatoms. The number of aliphatic hydroxyl groups is 1. The Morgan fingerprint density at radius 3 is 2.11 bits per heavy atom. The van der Waals surface area contributed by atoms with Crippen LogP contribution < -0.4 is 21.3 Å². The van der Waals surface area contributed by atoms with E-state index in [9.17, 15) is 24.3 Å². The molecule has 0 saturated carbocycles. The van der Waals surface area contributed by atoms with Gasteiger partial charge in [0.15, 0.2) is 5.78 Å². The van der Waals surface area contributed by atoms with Crippen LogP contribution in [0.5, 0.6) is 0 Å². The topological polar surface area (TPSA) is 146 Å². The van der Waals surface area contributed by atoms with Crippen molar-refractivity contribution >= 4 is 35.5 Å². The summed E-state index contributed by atoms with van der Waals surface area (Å²) >= 11 is 1.58. The molecule has 3 amide bonds. The molecule has 44 heavy (non-hydrogen) atoms. The summed E-state index contributed by atoms with van der Waals surface area (Å²) in [4.78, 5) is 51.6. The molecule has 250 valence electrons. The average molecular weight is 637 g/mol. The minimum Gasteiger partial charge on any atom is -0.444 e. The van der Waals surface area contributed by atoms with Gasteiger partial charge in [0.05, 0.1) is 18.7 Å². The Morgan fingerprint density at radius 2 is 1.57 bits per heavy atom. The Labute approximate surface area is 268 Å². The quantitative estimate of drug-likeness (QED) is 0.153. The van der Waals surface area contributed by atoms with E-state index in [2.05, 4.69) is 21.3 Å². The molecule has 0 aromatic heterocycles. The van der Waals surface area contributed by atoms with Gasteiger partial charge in [-0.05, 0) is 69.4 Å². The molecular formula is C33H56N4O6S. The third-order valence-corrected chi connectivity index (χ3v) is 7.66. The molecule has 1 aromatic rings. The molecule has 5 atom stereocenters. The summed E-state index contributed by atoms with van der Waals surface area (Å²) in [6.07, 6.45) is 1.54. The SMILES string of the molecule is CSCC[C@@H](NC(=O)OC(C)(C)C)C(=O)CN[C@@H](CC(C)C)[C@@H](O)C[C@@H](C)C(=O)N[C@H](C(=O)NCc1ccccc1)C(C)C. The van der Waals surface area contributed by atoms with Gasteiger partial charge in [0.25, 0.3) is 0 Å². The van der Waals surface area contributed by atoms with Gasteiger partial charge in [-0.3, -0.25) is 14.4 Å². The number of carbonyl (C=O) groups is 4. The summed E-state index contributed by atoms with van der Waals surface area (Å²) in [7, 11) is 0. The van der Waals surface area contributed by atoms with Gasteiger partial charge in [0.2, 0.25) is 11.8 Å². The Kier molecular flexibility index (Phi) is 17.6. The van der Waals surface area contributed by atoms with Crippen molar-refractivity contribution in [2.75, 3.05) is 18.6 Å². The van der Waals surface area contributed by atoms with Gasteiger partial charge < -0.3 is 31.1 Å². The van der Waals surface area contributed by atoms with E-state index in [1.54, 1.807) is 39.5 Å². The second-order valence-corrected chi connectivity index (χ2v) is 14.2. The number of aliphatic hydroxyl groups excluding tert-OH is 1. The van der Waals surface area contributed by atoms with Crippen LogP contribution in [-0.4, -0.2) is 77.2 Å². The lowest BCUT2D eigenvalue weighted by molar-refractivity contribution is -0.132. The van der Waals surface area contributed by atoms with Gasteiger partial charge in [-0.15, -0.1) is 0 Å². The fraction of sp³-hybridized carbons (Fsp3) is 0.697. The molecule has 0 unspecified atom stereocenters. The number of amides is 3. The number of thioether (sulfide) groups is 1. The number of alkyl carbamates (subject to hydrolysis) is 1.